The number of ether oxygens (including phenoxy) is 2. The third-order valence-corrected chi connectivity index (χ3v) is 4.77. The Bertz CT molecular complexity index is 801. The van der Waals surface area contributed by atoms with Crippen LogP contribution in [0.4, 0.5) is 0 Å². The van der Waals surface area contributed by atoms with Gasteiger partial charge in [-0.15, -0.1) is 24.0 Å². The molecule has 2 unspecified atom stereocenters. The summed E-state index contributed by atoms with van der Waals surface area (Å²) < 4.78 is 13.7. The van der Waals surface area contributed by atoms with Crippen LogP contribution in [0.1, 0.15) is 25.5 Å². The number of guanidine groups is 1. The maximum Gasteiger partial charge on any atom is 0.194 e. The molecule has 1 N–H and O–H groups in total. The summed E-state index contributed by atoms with van der Waals surface area (Å²) in [7, 11) is 1.91. The number of hydrogen-bond donors (Lipinski definition) is 1. The van der Waals surface area contributed by atoms with Crippen LogP contribution in [0.2, 0.25) is 5.02 Å². The van der Waals surface area contributed by atoms with Crippen molar-refractivity contribution in [3.8, 4) is 5.75 Å². The van der Waals surface area contributed by atoms with Crippen molar-refractivity contribution >= 4 is 41.5 Å². The molecular weight excluding hydrogens is 505 g/mol. The lowest BCUT2D eigenvalue weighted by Gasteiger charge is -2.35. The number of rotatable bonds is 6. The summed E-state index contributed by atoms with van der Waals surface area (Å²) in [5.41, 5.74) is 1.08. The zero-order chi connectivity index (χ0) is 19.9. The van der Waals surface area contributed by atoms with E-state index in [1.807, 2.05) is 50.6 Å². The van der Waals surface area contributed by atoms with E-state index in [0.717, 1.165) is 31.2 Å². The maximum absolute atomic E-state index is 6.18. The average molecular weight is 534 g/mol. The molecule has 160 valence electrons. The number of para-hydroxylation sites is 1. The predicted molar refractivity (Wildman–Crippen MR) is 126 cm³/mol. The lowest BCUT2D eigenvalue weighted by Crippen LogP contribution is -2.48. The predicted octanol–water partition coefficient (Wildman–Crippen LogP) is 3.50. The molecule has 0 amide bonds. The second kappa shape index (κ2) is 11.6. The molecule has 1 aromatic carbocycles. The fraction of sp³-hybridized carbons (Fsp3) is 0.500. The molecule has 0 aliphatic carbocycles. The zero-order valence-electron chi connectivity index (χ0n) is 17.0. The first kappa shape index (κ1) is 23.8. The average Bonchev–Trinajstić information content (AvgIpc) is 3.13. The van der Waals surface area contributed by atoms with Crippen molar-refractivity contribution in [3.05, 3.63) is 47.2 Å². The summed E-state index contributed by atoms with van der Waals surface area (Å²) in [5.74, 6) is 1.55. The first-order valence-electron chi connectivity index (χ1n) is 9.61. The Labute approximate surface area is 194 Å². The van der Waals surface area contributed by atoms with Gasteiger partial charge >= 0.3 is 0 Å². The molecule has 2 atom stereocenters. The van der Waals surface area contributed by atoms with E-state index in [9.17, 15) is 0 Å². The minimum atomic E-state index is -0.0938. The van der Waals surface area contributed by atoms with Crippen LogP contribution < -0.4 is 10.1 Å². The quantitative estimate of drug-likeness (QED) is 0.350. The molecule has 1 aliphatic heterocycles. The standard InChI is InChI=1S/C20H28ClN5O2.HI/c1-4-22-20(23-11-15(2)28-18-8-6-5-7-17(18)21)26-9-10-27-19(14-26)16-12-24-25(3)13-16;/h5-8,12-13,15,19H,4,9-11,14H2,1-3H3,(H,22,23);1H. The second-order valence-electron chi connectivity index (χ2n) is 6.81. The lowest BCUT2D eigenvalue weighted by molar-refractivity contribution is -0.00808. The van der Waals surface area contributed by atoms with Crippen LogP contribution in [0.5, 0.6) is 5.75 Å². The summed E-state index contributed by atoms with van der Waals surface area (Å²) in [5, 5.41) is 8.24. The molecule has 29 heavy (non-hydrogen) atoms. The van der Waals surface area contributed by atoms with Gasteiger partial charge in [0.05, 0.1) is 30.9 Å². The highest BCUT2D eigenvalue weighted by atomic mass is 127. The van der Waals surface area contributed by atoms with Gasteiger partial charge in [0.25, 0.3) is 0 Å². The van der Waals surface area contributed by atoms with Crippen LogP contribution >= 0.6 is 35.6 Å². The van der Waals surface area contributed by atoms with Gasteiger partial charge < -0.3 is 19.7 Å². The van der Waals surface area contributed by atoms with Crippen molar-refractivity contribution in [3.63, 3.8) is 0 Å². The Morgan fingerprint density at radius 1 is 1.45 bits per heavy atom. The van der Waals surface area contributed by atoms with E-state index in [2.05, 4.69) is 22.2 Å². The molecule has 1 aliphatic rings. The molecule has 0 saturated carbocycles. The van der Waals surface area contributed by atoms with Crippen molar-refractivity contribution in [2.45, 2.75) is 26.1 Å². The summed E-state index contributed by atoms with van der Waals surface area (Å²) in [6.07, 6.45) is 3.75. The van der Waals surface area contributed by atoms with Gasteiger partial charge in [0.15, 0.2) is 5.96 Å². The molecule has 0 spiro atoms. The van der Waals surface area contributed by atoms with E-state index in [1.165, 1.54) is 0 Å². The Balaban J connectivity index is 0.00000300. The van der Waals surface area contributed by atoms with Gasteiger partial charge in [0, 0.05) is 31.9 Å². The van der Waals surface area contributed by atoms with Gasteiger partial charge in [-0.2, -0.15) is 5.10 Å². The molecule has 1 aromatic heterocycles. The van der Waals surface area contributed by atoms with E-state index in [4.69, 9.17) is 26.1 Å². The molecule has 7 nitrogen and oxygen atoms in total. The fourth-order valence-electron chi connectivity index (χ4n) is 3.08. The SMILES string of the molecule is CCNC(=NCC(C)Oc1ccccc1Cl)N1CCOC(c2cnn(C)c2)C1.I. The molecular formula is C20H29ClIN5O2. The fourth-order valence-corrected chi connectivity index (χ4v) is 3.27. The first-order valence-corrected chi connectivity index (χ1v) is 9.99. The van der Waals surface area contributed by atoms with Crippen LogP contribution in [0.15, 0.2) is 41.7 Å². The molecule has 1 fully saturated rings. The highest BCUT2D eigenvalue weighted by Crippen LogP contribution is 2.24. The molecule has 2 aromatic rings. The molecule has 0 radical (unpaired) electrons. The number of morpholine rings is 1. The molecule has 9 heteroatoms. The third kappa shape index (κ3) is 6.75. The van der Waals surface area contributed by atoms with E-state index >= 15 is 0 Å². The summed E-state index contributed by atoms with van der Waals surface area (Å²) in [4.78, 5) is 7.01. The topological polar surface area (TPSA) is 63.9 Å². The van der Waals surface area contributed by atoms with Crippen LogP contribution in [0, 0.1) is 0 Å². The number of benzene rings is 1. The lowest BCUT2D eigenvalue weighted by atomic mass is 10.1. The van der Waals surface area contributed by atoms with Gasteiger partial charge in [-0.1, -0.05) is 23.7 Å². The summed E-state index contributed by atoms with van der Waals surface area (Å²) in [6.45, 7) is 7.57. The maximum atomic E-state index is 6.18. The minimum Gasteiger partial charge on any atom is -0.487 e. The number of aromatic nitrogens is 2. The highest BCUT2D eigenvalue weighted by Gasteiger charge is 2.25. The van der Waals surface area contributed by atoms with E-state index in [0.29, 0.717) is 23.9 Å². The van der Waals surface area contributed by atoms with Gasteiger partial charge in [-0.05, 0) is 26.0 Å². The number of nitrogens with one attached hydrogen (secondary N) is 1. The number of hydrogen-bond acceptors (Lipinski definition) is 4. The van der Waals surface area contributed by atoms with Crippen molar-refractivity contribution in [2.75, 3.05) is 32.8 Å². The minimum absolute atomic E-state index is 0. The van der Waals surface area contributed by atoms with Crippen molar-refractivity contribution in [1.82, 2.24) is 20.0 Å². The number of aliphatic imine (C=N–C) groups is 1. The number of aryl methyl sites for hydroxylation is 1. The van der Waals surface area contributed by atoms with E-state index in [1.54, 1.807) is 4.68 Å². The smallest absolute Gasteiger partial charge is 0.194 e. The molecule has 0 bridgehead atoms. The van der Waals surface area contributed by atoms with Crippen LogP contribution in [-0.2, 0) is 11.8 Å². The largest absolute Gasteiger partial charge is 0.487 e. The Kier molecular flexibility index (Phi) is 9.51. The van der Waals surface area contributed by atoms with Crippen LogP contribution in [-0.4, -0.2) is 59.5 Å². The van der Waals surface area contributed by atoms with Gasteiger partial charge in [0.2, 0.25) is 0 Å². The number of nitrogens with zero attached hydrogens (tertiary/aromatic N) is 4. The van der Waals surface area contributed by atoms with Crippen LogP contribution in [0.3, 0.4) is 0 Å². The second-order valence-corrected chi connectivity index (χ2v) is 7.21. The highest BCUT2D eigenvalue weighted by molar-refractivity contribution is 14.0. The summed E-state index contributed by atoms with van der Waals surface area (Å²) >= 11 is 6.18. The van der Waals surface area contributed by atoms with Crippen molar-refractivity contribution < 1.29 is 9.47 Å². The molecule has 2 heterocycles. The van der Waals surface area contributed by atoms with Gasteiger partial charge in [0.1, 0.15) is 18.0 Å². The van der Waals surface area contributed by atoms with E-state index in [-0.39, 0.29) is 36.2 Å². The van der Waals surface area contributed by atoms with Crippen molar-refractivity contribution in [1.29, 1.82) is 0 Å². The van der Waals surface area contributed by atoms with Gasteiger partial charge in [-0.25, -0.2) is 4.99 Å². The Hall–Kier alpha value is -1.52. The summed E-state index contributed by atoms with van der Waals surface area (Å²) in [6, 6.07) is 7.49. The third-order valence-electron chi connectivity index (χ3n) is 4.46. The van der Waals surface area contributed by atoms with Crippen molar-refractivity contribution in [2.24, 2.45) is 12.0 Å². The Morgan fingerprint density at radius 2 is 2.24 bits per heavy atom. The molecule has 1 saturated heterocycles. The first-order chi connectivity index (χ1) is 13.6. The zero-order valence-corrected chi connectivity index (χ0v) is 20.1. The number of halogens is 2. The monoisotopic (exact) mass is 533 g/mol. The van der Waals surface area contributed by atoms with Crippen LogP contribution in [0.25, 0.3) is 0 Å². The molecule has 3 rings (SSSR count). The normalized spacial score (nSPS) is 18.1. The Morgan fingerprint density at radius 3 is 2.93 bits per heavy atom. The van der Waals surface area contributed by atoms with E-state index < -0.39 is 0 Å². The van der Waals surface area contributed by atoms with Gasteiger partial charge in [-0.3, -0.25) is 4.68 Å².